The lowest BCUT2D eigenvalue weighted by molar-refractivity contribution is 0.663. The van der Waals surface area contributed by atoms with Gasteiger partial charge in [0.05, 0.1) is 0 Å². The number of benzene rings is 1. The minimum absolute atomic E-state index is 0.767. The summed E-state index contributed by atoms with van der Waals surface area (Å²) in [6.45, 7) is 5.60. The maximum Gasteiger partial charge on any atom is 0.0418 e. The van der Waals surface area contributed by atoms with Crippen LogP contribution in [0.1, 0.15) is 42.0 Å². The van der Waals surface area contributed by atoms with Crippen molar-refractivity contribution in [3.8, 4) is 0 Å². The molecule has 1 atom stereocenters. The summed E-state index contributed by atoms with van der Waals surface area (Å²) < 4.78 is 0. The van der Waals surface area contributed by atoms with E-state index >= 15 is 0 Å². The average Bonchev–Trinajstić information content (AvgIpc) is 2.92. The zero-order valence-electron chi connectivity index (χ0n) is 10.9. The van der Waals surface area contributed by atoms with Crippen molar-refractivity contribution in [2.24, 2.45) is 10.9 Å². The fraction of sp³-hybridized carbons (Fsp3) is 0.562. The predicted octanol–water partition coefficient (Wildman–Crippen LogP) is 3.51. The van der Waals surface area contributed by atoms with Gasteiger partial charge in [-0.1, -0.05) is 19.1 Å². The molecule has 1 heterocycles. The second-order valence-corrected chi connectivity index (χ2v) is 5.75. The Labute approximate surface area is 104 Å². The van der Waals surface area contributed by atoms with Gasteiger partial charge in [0.15, 0.2) is 0 Å². The molecule has 1 aromatic carbocycles. The van der Waals surface area contributed by atoms with Crippen LogP contribution in [0.5, 0.6) is 0 Å². The van der Waals surface area contributed by atoms with Crippen LogP contribution in [-0.4, -0.2) is 12.3 Å². The van der Waals surface area contributed by atoms with Gasteiger partial charge in [0.2, 0.25) is 0 Å². The van der Waals surface area contributed by atoms with E-state index in [1.54, 1.807) is 16.7 Å². The quantitative estimate of drug-likeness (QED) is 0.733. The highest BCUT2D eigenvalue weighted by Gasteiger charge is 2.20. The third-order valence-electron chi connectivity index (χ3n) is 4.22. The molecule has 0 bridgehead atoms. The maximum absolute atomic E-state index is 4.68. The van der Waals surface area contributed by atoms with Crippen LogP contribution >= 0.6 is 0 Å². The van der Waals surface area contributed by atoms with Crippen LogP contribution in [0.15, 0.2) is 17.1 Å². The second-order valence-electron chi connectivity index (χ2n) is 5.75. The Morgan fingerprint density at radius 1 is 1.24 bits per heavy atom. The fourth-order valence-corrected chi connectivity index (χ4v) is 3.29. The molecule has 1 nitrogen and oxygen atoms in total. The Bertz CT molecular complexity index is 471. The summed E-state index contributed by atoms with van der Waals surface area (Å²) in [5.74, 6) is 0.767. The third kappa shape index (κ3) is 2.03. The van der Waals surface area contributed by atoms with Crippen molar-refractivity contribution in [1.29, 1.82) is 0 Å². The molecule has 2 aliphatic rings. The highest BCUT2D eigenvalue weighted by molar-refractivity contribution is 5.88. The molecular weight excluding hydrogens is 206 g/mol. The number of hydrogen-bond donors (Lipinski definition) is 0. The van der Waals surface area contributed by atoms with Crippen LogP contribution in [-0.2, 0) is 19.3 Å². The summed E-state index contributed by atoms with van der Waals surface area (Å²) >= 11 is 0. The molecule has 0 amide bonds. The molecule has 0 radical (unpaired) electrons. The predicted molar refractivity (Wildman–Crippen MR) is 73.0 cm³/mol. The van der Waals surface area contributed by atoms with Crippen LogP contribution in [0.25, 0.3) is 0 Å². The molecule has 0 N–H and O–H groups in total. The van der Waals surface area contributed by atoms with Gasteiger partial charge < -0.3 is 0 Å². The van der Waals surface area contributed by atoms with Crippen LogP contribution in [0.3, 0.4) is 0 Å². The molecule has 1 unspecified atom stereocenters. The molecular formula is C16H21N. The van der Waals surface area contributed by atoms with E-state index in [0.717, 1.165) is 18.9 Å². The lowest BCUT2D eigenvalue weighted by atomic mass is 9.94. The van der Waals surface area contributed by atoms with E-state index < -0.39 is 0 Å². The monoisotopic (exact) mass is 227 g/mol. The molecule has 17 heavy (non-hydrogen) atoms. The molecule has 3 rings (SSSR count). The fourth-order valence-electron chi connectivity index (χ4n) is 3.29. The highest BCUT2D eigenvalue weighted by Crippen LogP contribution is 2.29. The number of rotatable bonds is 2. The minimum atomic E-state index is 0.767. The first-order chi connectivity index (χ1) is 8.24. The molecule has 0 saturated carbocycles. The molecule has 0 aromatic heterocycles. The second kappa shape index (κ2) is 4.29. The largest absolute Gasteiger partial charge is 0.293 e. The van der Waals surface area contributed by atoms with E-state index in [2.05, 4.69) is 31.0 Å². The lowest BCUT2D eigenvalue weighted by Crippen LogP contribution is -2.05. The van der Waals surface area contributed by atoms with Crippen LogP contribution in [0, 0.1) is 12.8 Å². The van der Waals surface area contributed by atoms with Gasteiger partial charge in [0.25, 0.3) is 0 Å². The summed E-state index contributed by atoms with van der Waals surface area (Å²) in [5.41, 5.74) is 7.75. The van der Waals surface area contributed by atoms with Crippen molar-refractivity contribution < 1.29 is 0 Å². The summed E-state index contributed by atoms with van der Waals surface area (Å²) in [4.78, 5) is 4.68. The smallest absolute Gasteiger partial charge is 0.0418 e. The Morgan fingerprint density at radius 2 is 2.06 bits per heavy atom. The van der Waals surface area contributed by atoms with Gasteiger partial charge in [0.1, 0.15) is 0 Å². The molecule has 0 saturated heterocycles. The van der Waals surface area contributed by atoms with E-state index in [-0.39, 0.29) is 0 Å². The van der Waals surface area contributed by atoms with Gasteiger partial charge >= 0.3 is 0 Å². The van der Waals surface area contributed by atoms with Crippen molar-refractivity contribution >= 4 is 5.71 Å². The summed E-state index contributed by atoms with van der Waals surface area (Å²) in [6, 6.07) is 4.64. The molecule has 1 heteroatoms. The summed E-state index contributed by atoms with van der Waals surface area (Å²) in [6.07, 6.45) is 6.23. The highest BCUT2D eigenvalue weighted by atomic mass is 14.8. The van der Waals surface area contributed by atoms with Gasteiger partial charge in [-0.15, -0.1) is 0 Å². The lowest BCUT2D eigenvalue weighted by Gasteiger charge is -2.11. The maximum atomic E-state index is 4.68. The molecule has 1 aliphatic carbocycles. The normalized spacial score (nSPS) is 22.7. The van der Waals surface area contributed by atoms with E-state index in [1.807, 2.05) is 0 Å². The first-order valence-electron chi connectivity index (χ1n) is 6.86. The van der Waals surface area contributed by atoms with Gasteiger partial charge in [-0.25, -0.2) is 0 Å². The van der Waals surface area contributed by atoms with Crippen molar-refractivity contribution in [2.75, 3.05) is 6.54 Å². The van der Waals surface area contributed by atoms with Crippen molar-refractivity contribution in [1.82, 2.24) is 0 Å². The number of hydrogen-bond acceptors (Lipinski definition) is 1. The zero-order chi connectivity index (χ0) is 11.8. The number of aliphatic imine (C=N–C) groups is 1. The number of aryl methyl sites for hydroxylation is 1. The number of nitrogens with zero attached hydrogens (tertiary/aromatic N) is 1. The van der Waals surface area contributed by atoms with E-state index in [4.69, 9.17) is 0 Å². The average molecular weight is 227 g/mol. The van der Waals surface area contributed by atoms with Crippen molar-refractivity contribution in [3.05, 3.63) is 34.4 Å². The van der Waals surface area contributed by atoms with Gasteiger partial charge in [-0.05, 0) is 60.8 Å². The molecule has 90 valence electrons. The molecule has 1 aliphatic heterocycles. The van der Waals surface area contributed by atoms with Crippen LogP contribution in [0.4, 0.5) is 0 Å². The van der Waals surface area contributed by atoms with Crippen molar-refractivity contribution in [2.45, 2.75) is 46.0 Å². The minimum Gasteiger partial charge on any atom is -0.293 e. The Kier molecular flexibility index (Phi) is 2.78. The molecule has 0 fully saturated rings. The zero-order valence-corrected chi connectivity index (χ0v) is 10.9. The van der Waals surface area contributed by atoms with Gasteiger partial charge in [-0.2, -0.15) is 0 Å². The van der Waals surface area contributed by atoms with Crippen LogP contribution in [0.2, 0.25) is 0 Å². The SMILES string of the molecule is Cc1ccc(CC2=NCC(C)C2)c2c1CCC2. The van der Waals surface area contributed by atoms with Gasteiger partial charge in [-0.3, -0.25) is 4.99 Å². The first-order valence-corrected chi connectivity index (χ1v) is 6.86. The summed E-state index contributed by atoms with van der Waals surface area (Å²) in [7, 11) is 0. The third-order valence-corrected chi connectivity index (χ3v) is 4.22. The standard InChI is InChI=1S/C16H21N/c1-11-8-14(17-10-11)9-13-7-6-12(2)15-4-3-5-16(13)15/h6-7,11H,3-5,8-10H2,1-2H3. The molecule has 1 aromatic rings. The molecule has 0 spiro atoms. The van der Waals surface area contributed by atoms with E-state index in [1.165, 1.54) is 37.0 Å². The Balaban J connectivity index is 1.87. The Hall–Kier alpha value is -1.11. The Morgan fingerprint density at radius 3 is 2.82 bits per heavy atom. The number of fused-ring (bicyclic) bond motifs is 1. The van der Waals surface area contributed by atoms with Gasteiger partial charge in [0, 0.05) is 18.7 Å². The van der Waals surface area contributed by atoms with Crippen molar-refractivity contribution in [3.63, 3.8) is 0 Å². The topological polar surface area (TPSA) is 12.4 Å². The summed E-state index contributed by atoms with van der Waals surface area (Å²) in [5, 5.41) is 0. The first kappa shape index (κ1) is 11.0. The van der Waals surface area contributed by atoms with Crippen LogP contribution < -0.4 is 0 Å². The van der Waals surface area contributed by atoms with E-state index in [0.29, 0.717) is 0 Å². The van der Waals surface area contributed by atoms with E-state index in [9.17, 15) is 0 Å².